The molecule has 8 rings (SSSR count). The van der Waals surface area contributed by atoms with Gasteiger partial charge in [0.15, 0.2) is 5.82 Å². The molecule has 0 fully saturated rings. The Morgan fingerprint density at radius 2 is 1.00 bits per heavy atom. The molecule has 0 bridgehead atoms. The Hall–Kier alpha value is -5.54. The molecule has 0 unspecified atom stereocenters. The lowest BCUT2D eigenvalue weighted by molar-refractivity contribution is 0.672. The van der Waals surface area contributed by atoms with Crippen molar-refractivity contribution in [3.8, 4) is 44.9 Å². The van der Waals surface area contributed by atoms with Crippen LogP contribution in [-0.4, -0.2) is 9.97 Å². The van der Waals surface area contributed by atoms with Crippen LogP contribution in [0.4, 0.5) is 0 Å². The van der Waals surface area contributed by atoms with Crippen LogP contribution < -0.4 is 0 Å². The molecule has 0 aliphatic rings. The van der Waals surface area contributed by atoms with E-state index in [2.05, 4.69) is 103 Å². The Morgan fingerprint density at radius 1 is 0.415 bits per heavy atom. The highest BCUT2D eigenvalue weighted by atomic mass is 16.3. The normalized spacial score (nSPS) is 11.4. The Bertz CT molecular complexity index is 2200. The van der Waals surface area contributed by atoms with Crippen molar-refractivity contribution in [1.82, 2.24) is 9.97 Å². The molecule has 0 saturated heterocycles. The Morgan fingerprint density at radius 3 is 1.76 bits per heavy atom. The quantitative estimate of drug-likeness (QED) is 0.230. The van der Waals surface area contributed by atoms with Crippen LogP contribution in [0.25, 0.3) is 77.7 Å². The molecule has 0 atom stereocenters. The molecule has 0 aliphatic carbocycles. The van der Waals surface area contributed by atoms with Crippen LogP contribution in [0.15, 0.2) is 150 Å². The van der Waals surface area contributed by atoms with Gasteiger partial charge in [0, 0.05) is 21.9 Å². The van der Waals surface area contributed by atoms with Crippen molar-refractivity contribution in [3.05, 3.63) is 146 Å². The second-order valence-corrected chi connectivity index (χ2v) is 10.2. The summed E-state index contributed by atoms with van der Waals surface area (Å²) in [5.41, 5.74) is 10.1. The molecular formula is C38H24N2O. The molecule has 0 spiro atoms. The fraction of sp³-hybridized carbons (Fsp3) is 0. The van der Waals surface area contributed by atoms with Crippen LogP contribution in [0, 0.1) is 0 Å². The van der Waals surface area contributed by atoms with E-state index in [1.54, 1.807) is 0 Å². The molecule has 0 saturated carbocycles. The van der Waals surface area contributed by atoms with E-state index < -0.39 is 0 Å². The first-order valence-corrected chi connectivity index (χ1v) is 13.8. The molecule has 0 radical (unpaired) electrons. The third-order valence-electron chi connectivity index (χ3n) is 7.68. The summed E-state index contributed by atoms with van der Waals surface area (Å²) in [6, 6.07) is 50.3. The minimum absolute atomic E-state index is 0.688. The number of furan rings is 1. The summed E-state index contributed by atoms with van der Waals surface area (Å²) < 4.78 is 6.42. The molecular weight excluding hydrogens is 500 g/mol. The Kier molecular flexibility index (Phi) is 5.46. The number of rotatable bonds is 4. The molecule has 2 aromatic heterocycles. The maximum Gasteiger partial charge on any atom is 0.160 e. The summed E-state index contributed by atoms with van der Waals surface area (Å²) in [7, 11) is 0. The number of para-hydroxylation sites is 1. The minimum Gasteiger partial charge on any atom is -0.455 e. The predicted molar refractivity (Wildman–Crippen MR) is 169 cm³/mol. The monoisotopic (exact) mass is 524 g/mol. The standard InChI is InChI=1S/C38H24N2O/c1-3-11-25(12-4-1)27-15-9-16-28(23-27)29-17-10-18-30(24-29)38-39-33-22-21-32-31-19-7-8-20-34(31)41-37(32)35(33)36(40-38)26-13-5-2-6-14-26/h1-24H. The largest absolute Gasteiger partial charge is 0.455 e. The van der Waals surface area contributed by atoms with Gasteiger partial charge < -0.3 is 4.42 Å². The molecule has 2 heterocycles. The molecule has 0 aliphatic heterocycles. The third-order valence-corrected chi connectivity index (χ3v) is 7.68. The van der Waals surface area contributed by atoms with Crippen LogP contribution in [0.2, 0.25) is 0 Å². The van der Waals surface area contributed by atoms with Crippen LogP contribution in [0.3, 0.4) is 0 Å². The van der Waals surface area contributed by atoms with Crippen LogP contribution in [-0.2, 0) is 0 Å². The van der Waals surface area contributed by atoms with E-state index in [0.29, 0.717) is 5.82 Å². The van der Waals surface area contributed by atoms with E-state index >= 15 is 0 Å². The fourth-order valence-electron chi connectivity index (χ4n) is 5.68. The minimum atomic E-state index is 0.688. The SMILES string of the molecule is c1ccc(-c2cccc(-c3cccc(-c4nc(-c5ccccc5)c5c(ccc6c7ccccc7oc65)n4)c3)c2)cc1. The Labute approximate surface area is 237 Å². The van der Waals surface area contributed by atoms with Crippen molar-refractivity contribution >= 4 is 32.8 Å². The average Bonchev–Trinajstić information content (AvgIpc) is 3.44. The van der Waals surface area contributed by atoms with Crippen molar-refractivity contribution in [1.29, 1.82) is 0 Å². The zero-order valence-electron chi connectivity index (χ0n) is 22.2. The van der Waals surface area contributed by atoms with Gasteiger partial charge in [-0.2, -0.15) is 0 Å². The summed E-state index contributed by atoms with van der Waals surface area (Å²) in [6.45, 7) is 0. The zero-order valence-corrected chi connectivity index (χ0v) is 22.2. The second-order valence-electron chi connectivity index (χ2n) is 10.2. The van der Waals surface area contributed by atoms with Crippen LogP contribution >= 0.6 is 0 Å². The second kappa shape index (κ2) is 9.58. The molecule has 3 heteroatoms. The zero-order chi connectivity index (χ0) is 27.2. The number of fused-ring (bicyclic) bond motifs is 5. The number of aromatic nitrogens is 2. The lowest BCUT2D eigenvalue weighted by atomic mass is 9.97. The molecule has 0 amide bonds. The van der Waals surface area contributed by atoms with Crippen LogP contribution in [0.5, 0.6) is 0 Å². The lowest BCUT2D eigenvalue weighted by Crippen LogP contribution is -1.96. The maximum atomic E-state index is 6.42. The fourth-order valence-corrected chi connectivity index (χ4v) is 5.68. The van der Waals surface area contributed by atoms with Crippen molar-refractivity contribution in [2.75, 3.05) is 0 Å². The highest BCUT2D eigenvalue weighted by Gasteiger charge is 2.18. The lowest BCUT2D eigenvalue weighted by Gasteiger charge is -2.11. The number of benzene rings is 6. The first-order valence-electron chi connectivity index (χ1n) is 13.8. The third kappa shape index (κ3) is 4.07. The van der Waals surface area contributed by atoms with Crippen LogP contribution in [0.1, 0.15) is 0 Å². The van der Waals surface area contributed by atoms with Gasteiger partial charge in [0.1, 0.15) is 11.2 Å². The van der Waals surface area contributed by atoms with Gasteiger partial charge >= 0.3 is 0 Å². The highest BCUT2D eigenvalue weighted by Crippen LogP contribution is 2.39. The molecule has 6 aromatic carbocycles. The number of nitrogens with zero attached hydrogens (tertiary/aromatic N) is 2. The van der Waals surface area contributed by atoms with Gasteiger partial charge in [0.2, 0.25) is 0 Å². The summed E-state index contributed by atoms with van der Waals surface area (Å²) in [4.78, 5) is 10.3. The van der Waals surface area contributed by atoms with Gasteiger partial charge in [-0.1, -0.05) is 115 Å². The first-order chi connectivity index (χ1) is 20.3. The topological polar surface area (TPSA) is 38.9 Å². The number of hydrogen-bond donors (Lipinski definition) is 0. The van der Waals surface area contributed by atoms with Gasteiger partial charge in [-0.25, -0.2) is 9.97 Å². The van der Waals surface area contributed by atoms with Crippen molar-refractivity contribution < 1.29 is 4.42 Å². The van der Waals surface area contributed by atoms with Gasteiger partial charge in [-0.05, 0) is 52.6 Å². The van der Waals surface area contributed by atoms with E-state index in [9.17, 15) is 0 Å². The van der Waals surface area contributed by atoms with E-state index in [-0.39, 0.29) is 0 Å². The summed E-state index contributed by atoms with van der Waals surface area (Å²) in [6.07, 6.45) is 0. The summed E-state index contributed by atoms with van der Waals surface area (Å²) in [5.74, 6) is 0.688. The molecule has 41 heavy (non-hydrogen) atoms. The maximum absolute atomic E-state index is 6.42. The predicted octanol–water partition coefficient (Wildman–Crippen LogP) is 10.2. The summed E-state index contributed by atoms with van der Waals surface area (Å²) >= 11 is 0. The van der Waals surface area contributed by atoms with E-state index in [1.165, 1.54) is 11.1 Å². The van der Waals surface area contributed by atoms with E-state index in [0.717, 1.165) is 60.8 Å². The van der Waals surface area contributed by atoms with E-state index in [4.69, 9.17) is 14.4 Å². The molecule has 3 nitrogen and oxygen atoms in total. The smallest absolute Gasteiger partial charge is 0.160 e. The van der Waals surface area contributed by atoms with Crippen molar-refractivity contribution in [3.63, 3.8) is 0 Å². The van der Waals surface area contributed by atoms with E-state index in [1.807, 2.05) is 42.5 Å². The summed E-state index contributed by atoms with van der Waals surface area (Å²) in [5, 5.41) is 3.10. The average molecular weight is 525 g/mol. The van der Waals surface area contributed by atoms with Gasteiger partial charge in [-0.3, -0.25) is 0 Å². The van der Waals surface area contributed by atoms with Gasteiger partial charge in [0.05, 0.1) is 16.6 Å². The number of hydrogen-bond acceptors (Lipinski definition) is 3. The van der Waals surface area contributed by atoms with Gasteiger partial charge in [-0.15, -0.1) is 0 Å². The first kappa shape index (κ1) is 23.4. The molecule has 8 aromatic rings. The molecule has 0 N–H and O–H groups in total. The molecule has 192 valence electrons. The van der Waals surface area contributed by atoms with Gasteiger partial charge in [0.25, 0.3) is 0 Å². The van der Waals surface area contributed by atoms with Crippen molar-refractivity contribution in [2.45, 2.75) is 0 Å². The Balaban J connectivity index is 1.32. The highest BCUT2D eigenvalue weighted by molar-refractivity contribution is 6.17. The van der Waals surface area contributed by atoms with Crippen molar-refractivity contribution in [2.24, 2.45) is 0 Å².